The normalized spacial score (nSPS) is 17.8. The summed E-state index contributed by atoms with van der Waals surface area (Å²) in [4.78, 5) is 0. The summed E-state index contributed by atoms with van der Waals surface area (Å²) < 4.78 is 10.8. The number of nitrogens with one attached hydrogen (secondary N) is 1. The molecule has 0 spiro atoms. The van der Waals surface area contributed by atoms with Crippen molar-refractivity contribution < 1.29 is 9.47 Å². The quantitative estimate of drug-likeness (QED) is 0.753. The predicted molar refractivity (Wildman–Crippen MR) is 82.3 cm³/mol. The number of hydrogen-bond acceptors (Lipinski definition) is 3. The highest BCUT2D eigenvalue weighted by Crippen LogP contribution is 2.26. The summed E-state index contributed by atoms with van der Waals surface area (Å²) in [6.07, 6.45) is 3.70. The molecule has 3 heteroatoms. The molecule has 0 heterocycles. The monoisotopic (exact) mass is 277 g/mol. The van der Waals surface area contributed by atoms with Crippen LogP contribution < -0.4 is 10.1 Å². The fraction of sp³-hybridized carbons (Fsp3) is 0.647. The third-order valence-electron chi connectivity index (χ3n) is 4.15. The van der Waals surface area contributed by atoms with E-state index in [9.17, 15) is 0 Å². The van der Waals surface area contributed by atoms with Crippen molar-refractivity contribution in [3.63, 3.8) is 0 Å². The number of ether oxygens (including phenoxy) is 2. The van der Waals surface area contributed by atoms with Crippen LogP contribution in [0.15, 0.2) is 24.3 Å². The Balaban J connectivity index is 2.00. The first-order valence-electron chi connectivity index (χ1n) is 7.58. The van der Waals surface area contributed by atoms with E-state index in [4.69, 9.17) is 9.47 Å². The Morgan fingerprint density at radius 1 is 1.25 bits per heavy atom. The zero-order valence-electron chi connectivity index (χ0n) is 12.9. The second-order valence-electron chi connectivity index (χ2n) is 5.89. The van der Waals surface area contributed by atoms with Gasteiger partial charge in [-0.3, -0.25) is 0 Å². The lowest BCUT2D eigenvalue weighted by molar-refractivity contribution is 0.128. The van der Waals surface area contributed by atoms with Crippen LogP contribution in [0.3, 0.4) is 0 Å². The minimum absolute atomic E-state index is 0.538. The molecule has 112 valence electrons. The molecule has 0 aliphatic heterocycles. The molecule has 2 unspecified atom stereocenters. The van der Waals surface area contributed by atoms with Gasteiger partial charge in [-0.25, -0.2) is 0 Å². The maximum absolute atomic E-state index is 5.47. The lowest BCUT2D eigenvalue weighted by Gasteiger charge is -2.25. The van der Waals surface area contributed by atoms with Gasteiger partial charge in [-0.1, -0.05) is 25.1 Å². The Morgan fingerprint density at radius 3 is 2.65 bits per heavy atom. The fourth-order valence-corrected chi connectivity index (χ4v) is 2.63. The van der Waals surface area contributed by atoms with Gasteiger partial charge in [0.2, 0.25) is 0 Å². The number of rotatable bonds is 9. The summed E-state index contributed by atoms with van der Waals surface area (Å²) in [6, 6.07) is 9.08. The maximum Gasteiger partial charge on any atom is 0.122 e. The van der Waals surface area contributed by atoms with Crippen molar-refractivity contribution in [2.24, 2.45) is 11.8 Å². The molecule has 0 saturated heterocycles. The first-order valence-corrected chi connectivity index (χ1v) is 7.58. The van der Waals surface area contributed by atoms with Crippen LogP contribution in [0.1, 0.15) is 25.3 Å². The summed E-state index contributed by atoms with van der Waals surface area (Å²) in [5.74, 6) is 2.11. The molecular formula is C17H27NO2. The molecule has 1 aromatic rings. The van der Waals surface area contributed by atoms with E-state index in [1.54, 1.807) is 14.2 Å². The molecular weight excluding hydrogens is 250 g/mol. The zero-order valence-corrected chi connectivity index (χ0v) is 12.9. The minimum atomic E-state index is 0.538. The van der Waals surface area contributed by atoms with E-state index in [1.165, 1.54) is 18.4 Å². The van der Waals surface area contributed by atoms with Crippen LogP contribution in [-0.4, -0.2) is 33.4 Å². The van der Waals surface area contributed by atoms with E-state index < -0.39 is 0 Å². The largest absolute Gasteiger partial charge is 0.496 e. The summed E-state index contributed by atoms with van der Waals surface area (Å²) >= 11 is 0. The van der Waals surface area contributed by atoms with Crippen LogP contribution in [0.25, 0.3) is 0 Å². The van der Waals surface area contributed by atoms with Gasteiger partial charge in [-0.15, -0.1) is 0 Å². The molecule has 2 atom stereocenters. The molecule has 20 heavy (non-hydrogen) atoms. The maximum atomic E-state index is 5.47. The number of benzene rings is 1. The van der Waals surface area contributed by atoms with Gasteiger partial charge in [0.1, 0.15) is 5.75 Å². The van der Waals surface area contributed by atoms with Gasteiger partial charge >= 0.3 is 0 Å². The van der Waals surface area contributed by atoms with E-state index in [0.29, 0.717) is 11.8 Å². The van der Waals surface area contributed by atoms with Crippen LogP contribution in [-0.2, 0) is 11.2 Å². The van der Waals surface area contributed by atoms with Gasteiger partial charge in [0.15, 0.2) is 0 Å². The molecule has 2 rings (SSSR count). The molecule has 1 fully saturated rings. The highest BCUT2D eigenvalue weighted by atomic mass is 16.5. The van der Waals surface area contributed by atoms with Crippen LogP contribution in [0, 0.1) is 11.8 Å². The average molecular weight is 277 g/mol. The van der Waals surface area contributed by atoms with Crippen LogP contribution in [0.5, 0.6) is 5.75 Å². The molecule has 0 aromatic heterocycles. The molecule has 1 N–H and O–H groups in total. The fourth-order valence-electron chi connectivity index (χ4n) is 2.63. The Labute approximate surface area is 122 Å². The van der Waals surface area contributed by atoms with Crippen molar-refractivity contribution in [3.05, 3.63) is 29.8 Å². The van der Waals surface area contributed by atoms with Crippen molar-refractivity contribution in [2.45, 2.75) is 32.2 Å². The van der Waals surface area contributed by atoms with Crippen molar-refractivity contribution in [3.8, 4) is 5.75 Å². The Morgan fingerprint density at radius 2 is 2.00 bits per heavy atom. The van der Waals surface area contributed by atoms with Crippen LogP contribution >= 0.6 is 0 Å². The third kappa shape index (κ3) is 4.50. The molecule has 1 aliphatic carbocycles. The van der Waals surface area contributed by atoms with Crippen molar-refractivity contribution in [2.75, 3.05) is 27.4 Å². The minimum Gasteiger partial charge on any atom is -0.496 e. The Hall–Kier alpha value is -1.06. The number of methoxy groups -OCH3 is 2. The molecule has 1 saturated carbocycles. The first-order chi connectivity index (χ1) is 9.74. The van der Waals surface area contributed by atoms with Gasteiger partial charge in [0.05, 0.1) is 7.11 Å². The number of hydrogen-bond donors (Lipinski definition) is 1. The highest BCUT2D eigenvalue weighted by molar-refractivity contribution is 5.33. The van der Waals surface area contributed by atoms with Crippen molar-refractivity contribution >= 4 is 0 Å². The molecule has 0 bridgehead atoms. The third-order valence-corrected chi connectivity index (χ3v) is 4.15. The zero-order chi connectivity index (χ0) is 14.4. The average Bonchev–Trinajstić information content (AvgIpc) is 3.28. The van der Waals surface area contributed by atoms with Gasteiger partial charge in [-0.05, 0) is 49.3 Å². The predicted octanol–water partition coefficient (Wildman–Crippen LogP) is 2.89. The topological polar surface area (TPSA) is 30.5 Å². The van der Waals surface area contributed by atoms with Gasteiger partial charge in [-0.2, -0.15) is 0 Å². The van der Waals surface area contributed by atoms with Crippen LogP contribution in [0.2, 0.25) is 0 Å². The summed E-state index contributed by atoms with van der Waals surface area (Å²) in [5.41, 5.74) is 1.29. The highest BCUT2D eigenvalue weighted by Gasteiger charge is 2.25. The second kappa shape index (κ2) is 7.65. The van der Waals surface area contributed by atoms with Crippen molar-refractivity contribution in [1.82, 2.24) is 5.32 Å². The molecule has 1 aromatic carbocycles. The molecule has 3 nitrogen and oxygen atoms in total. The molecule has 1 aliphatic rings. The summed E-state index contributed by atoms with van der Waals surface area (Å²) in [7, 11) is 3.53. The lowest BCUT2D eigenvalue weighted by atomic mass is 9.88. The van der Waals surface area contributed by atoms with E-state index in [-0.39, 0.29) is 0 Å². The van der Waals surface area contributed by atoms with Crippen molar-refractivity contribution in [1.29, 1.82) is 0 Å². The Bertz CT molecular complexity index is 404. The van der Waals surface area contributed by atoms with Gasteiger partial charge in [0, 0.05) is 19.8 Å². The van der Waals surface area contributed by atoms with E-state index in [2.05, 4.69) is 24.4 Å². The standard InChI is InChI=1S/C17H27NO2/c1-13(12-19-2)15(11-18-16-8-9-16)10-14-6-4-5-7-17(14)20-3/h4-7,13,15-16,18H,8-12H2,1-3H3. The Kier molecular flexibility index (Phi) is 5.86. The molecule has 0 radical (unpaired) electrons. The SMILES string of the molecule is COCC(C)C(CNC1CC1)Cc1ccccc1OC. The second-order valence-corrected chi connectivity index (χ2v) is 5.89. The summed E-state index contributed by atoms with van der Waals surface area (Å²) in [5, 5.41) is 3.66. The van der Waals surface area contributed by atoms with Crippen LogP contribution in [0.4, 0.5) is 0 Å². The smallest absolute Gasteiger partial charge is 0.122 e. The first kappa shape index (κ1) is 15.3. The van der Waals surface area contributed by atoms with Gasteiger partial charge < -0.3 is 14.8 Å². The molecule has 0 amide bonds. The lowest BCUT2D eigenvalue weighted by Crippen LogP contribution is -2.32. The van der Waals surface area contributed by atoms with E-state index in [1.807, 2.05) is 12.1 Å². The van der Waals surface area contributed by atoms with E-state index >= 15 is 0 Å². The number of para-hydroxylation sites is 1. The summed E-state index contributed by atoms with van der Waals surface area (Å²) in [6.45, 7) is 4.15. The van der Waals surface area contributed by atoms with Gasteiger partial charge in [0.25, 0.3) is 0 Å². The van der Waals surface area contributed by atoms with E-state index in [0.717, 1.165) is 31.4 Å².